The largest absolute Gasteiger partial charge is 0.496 e. The van der Waals surface area contributed by atoms with Crippen molar-refractivity contribution in [1.82, 2.24) is 10.3 Å². The van der Waals surface area contributed by atoms with E-state index in [9.17, 15) is 10.1 Å². The van der Waals surface area contributed by atoms with Crippen molar-refractivity contribution in [2.45, 2.75) is 13.0 Å². The van der Waals surface area contributed by atoms with E-state index in [4.69, 9.17) is 13.9 Å². The average Bonchev–Trinajstić information content (AvgIpc) is 3.24. The molecule has 7 heteroatoms. The summed E-state index contributed by atoms with van der Waals surface area (Å²) in [4.78, 5) is 17.3. The zero-order valence-corrected chi connectivity index (χ0v) is 19.4. The van der Waals surface area contributed by atoms with E-state index in [0.29, 0.717) is 45.6 Å². The van der Waals surface area contributed by atoms with E-state index < -0.39 is 0 Å². The molecule has 0 spiro atoms. The summed E-state index contributed by atoms with van der Waals surface area (Å²) in [6.45, 7) is 3.36. The predicted molar refractivity (Wildman–Crippen MR) is 130 cm³/mol. The molecule has 174 valence electrons. The molecule has 35 heavy (non-hydrogen) atoms. The summed E-state index contributed by atoms with van der Waals surface area (Å²) in [5.41, 5.74) is 5.87. The smallest absolute Gasteiger partial charge is 0.251 e. The van der Waals surface area contributed by atoms with Crippen LogP contribution in [0.25, 0.3) is 33.6 Å². The number of ether oxygens (including phenoxy) is 2. The van der Waals surface area contributed by atoms with Gasteiger partial charge in [-0.2, -0.15) is 5.26 Å². The first kappa shape index (κ1) is 21.4. The quantitative estimate of drug-likeness (QED) is 0.458. The molecule has 1 saturated heterocycles. The lowest BCUT2D eigenvalue weighted by Gasteiger charge is -2.11. The number of fused-ring (bicyclic) bond motifs is 2. The van der Waals surface area contributed by atoms with E-state index in [1.807, 2.05) is 43.3 Å². The number of furan rings is 1. The number of benzene rings is 2. The molecular weight excluding hydrogens is 442 g/mol. The molecule has 1 saturated carbocycles. The van der Waals surface area contributed by atoms with Crippen molar-refractivity contribution in [1.29, 1.82) is 5.26 Å². The van der Waals surface area contributed by atoms with Crippen molar-refractivity contribution in [2.75, 3.05) is 20.3 Å². The Hall–Kier alpha value is -4.15. The highest BCUT2D eigenvalue weighted by Gasteiger charge is 2.54. The lowest BCUT2D eigenvalue weighted by atomic mass is 10.0. The van der Waals surface area contributed by atoms with Crippen molar-refractivity contribution in [3.05, 3.63) is 71.4 Å². The minimum absolute atomic E-state index is 0.115. The van der Waals surface area contributed by atoms with Gasteiger partial charge in [-0.05, 0) is 48.4 Å². The first-order valence-electron chi connectivity index (χ1n) is 11.5. The van der Waals surface area contributed by atoms with Crippen LogP contribution in [0.2, 0.25) is 0 Å². The highest BCUT2D eigenvalue weighted by atomic mass is 16.5. The van der Waals surface area contributed by atoms with E-state index in [1.165, 1.54) is 0 Å². The molecule has 2 aromatic carbocycles. The summed E-state index contributed by atoms with van der Waals surface area (Å²) < 4.78 is 17.3. The molecule has 2 aliphatic rings. The number of methoxy groups -OCH3 is 1. The highest BCUT2D eigenvalue weighted by molar-refractivity contribution is 5.97. The van der Waals surface area contributed by atoms with Crippen LogP contribution in [-0.4, -0.2) is 37.3 Å². The molecule has 7 nitrogen and oxygen atoms in total. The highest BCUT2D eigenvalue weighted by Crippen LogP contribution is 2.44. The number of carbonyl (C=O) groups is 1. The van der Waals surface area contributed by atoms with Crippen LogP contribution in [0.15, 0.2) is 59.1 Å². The van der Waals surface area contributed by atoms with Gasteiger partial charge >= 0.3 is 0 Å². The number of aryl methyl sites for hydroxylation is 1. The van der Waals surface area contributed by atoms with Crippen LogP contribution < -0.4 is 10.1 Å². The topological polar surface area (TPSA) is 97.4 Å². The van der Waals surface area contributed by atoms with Crippen LogP contribution in [0.5, 0.6) is 5.75 Å². The van der Waals surface area contributed by atoms with Crippen LogP contribution in [0, 0.1) is 30.1 Å². The maximum Gasteiger partial charge on any atom is 0.251 e. The maximum absolute atomic E-state index is 12.8. The second kappa shape index (κ2) is 8.26. The monoisotopic (exact) mass is 465 g/mol. The van der Waals surface area contributed by atoms with Gasteiger partial charge in [0.25, 0.3) is 5.91 Å². The fourth-order valence-electron chi connectivity index (χ4n) is 4.93. The number of nitrogens with zero attached hydrogens (tertiary/aromatic N) is 2. The van der Waals surface area contributed by atoms with E-state index >= 15 is 0 Å². The Morgan fingerprint density at radius 2 is 1.94 bits per heavy atom. The Morgan fingerprint density at radius 3 is 2.71 bits per heavy atom. The molecule has 1 aliphatic heterocycles. The number of nitriles is 1. The number of amides is 1. The van der Waals surface area contributed by atoms with E-state index in [2.05, 4.69) is 16.4 Å². The lowest BCUT2D eigenvalue weighted by Crippen LogP contribution is -2.29. The molecule has 3 heterocycles. The summed E-state index contributed by atoms with van der Waals surface area (Å²) in [7, 11) is 1.57. The average molecular weight is 466 g/mol. The number of nitrogens with one attached hydrogen (secondary N) is 1. The Kier molecular flexibility index (Phi) is 5.05. The van der Waals surface area contributed by atoms with Gasteiger partial charge in [0.2, 0.25) is 0 Å². The Bertz CT molecular complexity index is 1510. The molecule has 2 aromatic heterocycles. The summed E-state index contributed by atoms with van der Waals surface area (Å²) in [5.74, 6) is 1.89. The zero-order valence-electron chi connectivity index (χ0n) is 19.4. The number of aromatic nitrogens is 1. The maximum atomic E-state index is 12.8. The van der Waals surface area contributed by atoms with Crippen molar-refractivity contribution in [3.8, 4) is 34.3 Å². The standard InChI is InChI=1S/C28H23N3O4/c1-15-3-4-16(9-18(15)12-29)19-7-8-30-23-11-25(35-27(19)23)20-6-5-17(10-24(20)33-2)28(32)31-26-21-13-34-14-22(21)26/h3-11,21-22,26H,13-14H2,1-2H3,(H,31,32). The minimum atomic E-state index is -0.115. The van der Waals surface area contributed by atoms with Gasteiger partial charge in [0.1, 0.15) is 17.0 Å². The molecule has 1 aliphatic carbocycles. The summed E-state index contributed by atoms with van der Waals surface area (Å²) in [6.07, 6.45) is 1.73. The lowest BCUT2D eigenvalue weighted by molar-refractivity contribution is 0.0928. The van der Waals surface area contributed by atoms with Crippen LogP contribution in [-0.2, 0) is 4.74 Å². The fraction of sp³-hybridized carbons (Fsp3) is 0.250. The first-order chi connectivity index (χ1) is 17.1. The molecule has 2 atom stereocenters. The van der Waals surface area contributed by atoms with Gasteiger partial charge in [-0.3, -0.25) is 9.78 Å². The Morgan fingerprint density at radius 1 is 1.11 bits per heavy atom. The normalized spacial score (nSPS) is 20.3. The number of pyridine rings is 1. The molecule has 1 N–H and O–H groups in total. The molecule has 4 aromatic rings. The number of hydrogen-bond donors (Lipinski definition) is 1. The first-order valence-corrected chi connectivity index (χ1v) is 11.5. The van der Waals surface area contributed by atoms with Gasteiger partial charge in [-0.25, -0.2) is 0 Å². The number of carbonyl (C=O) groups excluding carboxylic acids is 1. The van der Waals surface area contributed by atoms with Crippen LogP contribution >= 0.6 is 0 Å². The molecule has 2 unspecified atom stereocenters. The predicted octanol–water partition coefficient (Wildman–Crippen LogP) is 4.73. The van der Waals surface area contributed by atoms with E-state index in [0.717, 1.165) is 35.5 Å². The molecule has 0 bridgehead atoms. The molecule has 0 radical (unpaired) electrons. The third-order valence-electron chi connectivity index (χ3n) is 7.06. The van der Waals surface area contributed by atoms with E-state index in [-0.39, 0.29) is 11.9 Å². The number of hydrogen-bond acceptors (Lipinski definition) is 6. The Labute approximate surface area is 202 Å². The summed E-state index contributed by atoms with van der Waals surface area (Å²) in [6, 6.07) is 17.3. The molecule has 2 fully saturated rings. The SMILES string of the molecule is COc1cc(C(=O)NC2C3COCC32)ccc1-c1cc2nccc(-c3ccc(C)c(C#N)c3)c2o1. The van der Waals surface area contributed by atoms with Crippen molar-refractivity contribution in [3.63, 3.8) is 0 Å². The summed E-state index contributed by atoms with van der Waals surface area (Å²) in [5, 5.41) is 12.5. The third-order valence-corrected chi connectivity index (χ3v) is 7.06. The Balaban J connectivity index is 1.33. The van der Waals surface area contributed by atoms with Gasteiger partial charge in [0.05, 0.1) is 37.5 Å². The van der Waals surface area contributed by atoms with Gasteiger partial charge in [0.15, 0.2) is 5.58 Å². The van der Waals surface area contributed by atoms with Crippen LogP contribution in [0.3, 0.4) is 0 Å². The third kappa shape index (κ3) is 3.63. The van der Waals surface area contributed by atoms with Crippen LogP contribution in [0.1, 0.15) is 21.5 Å². The minimum Gasteiger partial charge on any atom is -0.496 e. The molecule has 6 rings (SSSR count). The van der Waals surface area contributed by atoms with Crippen molar-refractivity contribution in [2.24, 2.45) is 11.8 Å². The van der Waals surface area contributed by atoms with E-state index in [1.54, 1.807) is 25.4 Å². The molecular formula is C28H23N3O4. The number of rotatable bonds is 5. The second-order valence-electron chi connectivity index (χ2n) is 9.10. The van der Waals surface area contributed by atoms with Gasteiger partial charge < -0.3 is 19.2 Å². The van der Waals surface area contributed by atoms with Gasteiger partial charge in [-0.15, -0.1) is 0 Å². The summed E-state index contributed by atoms with van der Waals surface area (Å²) >= 11 is 0. The van der Waals surface area contributed by atoms with Gasteiger partial charge in [0, 0.05) is 41.3 Å². The molecule has 1 amide bonds. The van der Waals surface area contributed by atoms with Gasteiger partial charge in [-0.1, -0.05) is 12.1 Å². The van der Waals surface area contributed by atoms with Crippen molar-refractivity contribution >= 4 is 17.0 Å². The fourth-order valence-corrected chi connectivity index (χ4v) is 4.93. The zero-order chi connectivity index (χ0) is 24.1. The van der Waals surface area contributed by atoms with Crippen molar-refractivity contribution < 1.29 is 18.7 Å². The second-order valence-corrected chi connectivity index (χ2v) is 9.10. The van der Waals surface area contributed by atoms with Crippen LogP contribution in [0.4, 0.5) is 0 Å².